The molecule has 6 nitrogen and oxygen atoms in total. The van der Waals surface area contributed by atoms with Crippen molar-refractivity contribution in [1.29, 1.82) is 0 Å². The summed E-state index contributed by atoms with van der Waals surface area (Å²) in [5, 5.41) is 2.48. The monoisotopic (exact) mass is 355 g/mol. The normalized spacial score (nSPS) is 11.6. The van der Waals surface area contributed by atoms with E-state index in [9.17, 15) is 9.59 Å². The molecule has 1 atom stereocenters. The zero-order chi connectivity index (χ0) is 18.8. The highest BCUT2D eigenvalue weighted by Crippen LogP contribution is 2.19. The summed E-state index contributed by atoms with van der Waals surface area (Å²) in [7, 11) is 2.81. The molecule has 0 aliphatic heterocycles. The zero-order valence-corrected chi connectivity index (χ0v) is 14.7. The molecule has 2 aromatic rings. The standard InChI is InChI=1S/C20H21NO5/c1-24-18-11-7-6-10-16(18)12-13-17(19(22)25-2)21-20(23)26-14-15-8-4-3-5-9-15/h3-13,17H,14H2,1-2H3,(H,21,23)/b13-12+/t17-/m0/s1. The minimum absolute atomic E-state index is 0.108. The number of amides is 1. The average molecular weight is 355 g/mol. The SMILES string of the molecule is COC(=O)[C@H](/C=C/c1ccccc1OC)NC(=O)OCc1ccccc1. The average Bonchev–Trinajstić information content (AvgIpc) is 2.69. The fourth-order valence-corrected chi connectivity index (χ4v) is 2.21. The molecule has 2 rings (SSSR count). The minimum atomic E-state index is -0.979. The largest absolute Gasteiger partial charge is 0.496 e. The lowest BCUT2D eigenvalue weighted by molar-refractivity contribution is -0.141. The molecule has 0 saturated carbocycles. The smallest absolute Gasteiger partial charge is 0.408 e. The number of benzene rings is 2. The summed E-state index contributed by atoms with van der Waals surface area (Å²) in [6.45, 7) is 0.108. The quantitative estimate of drug-likeness (QED) is 0.772. The van der Waals surface area contributed by atoms with Gasteiger partial charge in [0, 0.05) is 5.56 Å². The topological polar surface area (TPSA) is 73.9 Å². The summed E-state index contributed by atoms with van der Waals surface area (Å²) in [6.07, 6.45) is 2.49. The first-order valence-electron chi connectivity index (χ1n) is 8.00. The van der Waals surface area contributed by atoms with Gasteiger partial charge >= 0.3 is 12.1 Å². The predicted molar refractivity (Wildman–Crippen MR) is 97.6 cm³/mol. The number of rotatable bonds is 7. The lowest BCUT2D eigenvalue weighted by Gasteiger charge is -2.13. The van der Waals surface area contributed by atoms with Gasteiger partial charge in [-0.25, -0.2) is 9.59 Å². The van der Waals surface area contributed by atoms with Crippen molar-refractivity contribution in [2.45, 2.75) is 12.6 Å². The van der Waals surface area contributed by atoms with Gasteiger partial charge in [-0.15, -0.1) is 0 Å². The van der Waals surface area contributed by atoms with Crippen LogP contribution in [0.1, 0.15) is 11.1 Å². The summed E-state index contributed by atoms with van der Waals surface area (Å²) in [6, 6.07) is 15.6. The van der Waals surface area contributed by atoms with Crippen LogP contribution in [0.2, 0.25) is 0 Å². The van der Waals surface area contributed by atoms with Gasteiger partial charge in [0.05, 0.1) is 14.2 Å². The molecule has 0 aliphatic carbocycles. The van der Waals surface area contributed by atoms with E-state index in [2.05, 4.69) is 5.32 Å². The van der Waals surface area contributed by atoms with E-state index in [-0.39, 0.29) is 6.61 Å². The highest BCUT2D eigenvalue weighted by atomic mass is 16.6. The number of methoxy groups -OCH3 is 2. The number of carbonyl (C=O) groups is 2. The van der Waals surface area contributed by atoms with Crippen LogP contribution in [-0.2, 0) is 20.9 Å². The van der Waals surface area contributed by atoms with Gasteiger partial charge in [-0.1, -0.05) is 60.7 Å². The van der Waals surface area contributed by atoms with Gasteiger partial charge in [-0.3, -0.25) is 0 Å². The van der Waals surface area contributed by atoms with Crippen molar-refractivity contribution in [1.82, 2.24) is 5.32 Å². The van der Waals surface area contributed by atoms with Crippen molar-refractivity contribution in [2.75, 3.05) is 14.2 Å². The van der Waals surface area contributed by atoms with Crippen LogP contribution in [0.5, 0.6) is 5.75 Å². The van der Waals surface area contributed by atoms with Crippen LogP contribution in [0, 0.1) is 0 Å². The van der Waals surface area contributed by atoms with E-state index in [4.69, 9.17) is 14.2 Å². The molecule has 2 aromatic carbocycles. The third-order valence-electron chi connectivity index (χ3n) is 3.55. The third-order valence-corrected chi connectivity index (χ3v) is 3.55. The van der Waals surface area contributed by atoms with E-state index in [1.165, 1.54) is 13.2 Å². The molecule has 6 heteroatoms. The molecular formula is C20H21NO5. The predicted octanol–water partition coefficient (Wildman–Crippen LogP) is 3.18. The van der Waals surface area contributed by atoms with E-state index in [0.29, 0.717) is 5.75 Å². The molecule has 0 heterocycles. The Labute approximate surface area is 152 Å². The van der Waals surface area contributed by atoms with Crippen LogP contribution < -0.4 is 10.1 Å². The molecule has 0 radical (unpaired) electrons. The van der Waals surface area contributed by atoms with Crippen LogP contribution in [-0.4, -0.2) is 32.3 Å². The van der Waals surface area contributed by atoms with Gasteiger partial charge < -0.3 is 19.5 Å². The Morgan fingerprint density at radius 1 is 1.04 bits per heavy atom. The van der Waals surface area contributed by atoms with Crippen LogP contribution in [0.15, 0.2) is 60.7 Å². The lowest BCUT2D eigenvalue weighted by atomic mass is 10.1. The van der Waals surface area contributed by atoms with Crippen molar-refractivity contribution in [3.05, 3.63) is 71.8 Å². The Morgan fingerprint density at radius 3 is 2.42 bits per heavy atom. The maximum absolute atomic E-state index is 12.0. The summed E-state index contributed by atoms with van der Waals surface area (Å²) in [5.41, 5.74) is 1.62. The minimum Gasteiger partial charge on any atom is -0.496 e. The van der Waals surface area contributed by atoms with E-state index < -0.39 is 18.1 Å². The van der Waals surface area contributed by atoms with Crippen LogP contribution >= 0.6 is 0 Å². The van der Waals surface area contributed by atoms with E-state index >= 15 is 0 Å². The van der Waals surface area contributed by atoms with Crippen LogP contribution in [0.25, 0.3) is 6.08 Å². The highest BCUT2D eigenvalue weighted by molar-refractivity contribution is 5.84. The van der Waals surface area contributed by atoms with Gasteiger partial charge in [0.2, 0.25) is 0 Å². The molecule has 1 N–H and O–H groups in total. The molecule has 0 aromatic heterocycles. The Hall–Kier alpha value is -3.28. The number of alkyl carbamates (subject to hydrolysis) is 1. The molecule has 0 aliphatic rings. The van der Waals surface area contributed by atoms with E-state index in [1.807, 2.05) is 48.5 Å². The van der Waals surface area contributed by atoms with Gasteiger partial charge in [-0.2, -0.15) is 0 Å². The molecule has 0 fully saturated rings. The van der Waals surface area contributed by atoms with Crippen molar-refractivity contribution >= 4 is 18.1 Å². The van der Waals surface area contributed by atoms with Crippen molar-refractivity contribution in [3.8, 4) is 5.75 Å². The number of hydrogen-bond acceptors (Lipinski definition) is 5. The first-order valence-corrected chi connectivity index (χ1v) is 8.00. The van der Waals surface area contributed by atoms with E-state index in [0.717, 1.165) is 11.1 Å². The summed E-state index contributed by atoms with van der Waals surface area (Å²) >= 11 is 0. The van der Waals surface area contributed by atoms with E-state index in [1.54, 1.807) is 19.3 Å². The van der Waals surface area contributed by atoms with Crippen LogP contribution in [0.3, 0.4) is 0 Å². The van der Waals surface area contributed by atoms with Crippen molar-refractivity contribution in [3.63, 3.8) is 0 Å². The molecule has 26 heavy (non-hydrogen) atoms. The number of ether oxygens (including phenoxy) is 3. The number of carbonyl (C=O) groups excluding carboxylic acids is 2. The molecule has 0 spiro atoms. The Balaban J connectivity index is 2.01. The maximum Gasteiger partial charge on any atom is 0.408 e. The first-order chi connectivity index (χ1) is 12.6. The van der Waals surface area contributed by atoms with Gasteiger partial charge in [0.15, 0.2) is 0 Å². The second kappa shape index (κ2) is 9.88. The number of hydrogen-bond donors (Lipinski definition) is 1. The third kappa shape index (κ3) is 5.66. The molecule has 0 saturated heterocycles. The van der Waals surface area contributed by atoms with Gasteiger partial charge in [0.25, 0.3) is 0 Å². The second-order valence-corrected chi connectivity index (χ2v) is 5.31. The summed E-state index contributed by atoms with van der Waals surface area (Å²) in [4.78, 5) is 23.9. The lowest BCUT2D eigenvalue weighted by Crippen LogP contribution is -2.40. The maximum atomic E-state index is 12.0. The van der Waals surface area contributed by atoms with Gasteiger partial charge in [-0.05, 0) is 11.6 Å². The van der Waals surface area contributed by atoms with Crippen LogP contribution in [0.4, 0.5) is 4.79 Å². The number of nitrogens with one attached hydrogen (secondary N) is 1. The summed E-state index contributed by atoms with van der Waals surface area (Å²) in [5.74, 6) is 0.0480. The molecular weight excluding hydrogens is 334 g/mol. The van der Waals surface area contributed by atoms with Crippen molar-refractivity contribution in [2.24, 2.45) is 0 Å². The Kier molecular flexibility index (Phi) is 7.24. The Morgan fingerprint density at radius 2 is 1.73 bits per heavy atom. The number of para-hydroxylation sites is 1. The van der Waals surface area contributed by atoms with Gasteiger partial charge in [0.1, 0.15) is 18.4 Å². The molecule has 0 bridgehead atoms. The molecule has 0 unspecified atom stereocenters. The fraction of sp³-hybridized carbons (Fsp3) is 0.200. The molecule has 136 valence electrons. The first kappa shape index (κ1) is 19.1. The highest BCUT2D eigenvalue weighted by Gasteiger charge is 2.19. The van der Waals surface area contributed by atoms with Crippen molar-refractivity contribution < 1.29 is 23.8 Å². The second-order valence-electron chi connectivity index (χ2n) is 5.31. The Bertz CT molecular complexity index is 758. The molecule has 1 amide bonds. The zero-order valence-electron chi connectivity index (χ0n) is 14.7. The number of esters is 1. The fourth-order valence-electron chi connectivity index (χ4n) is 2.21. The summed E-state index contributed by atoms with van der Waals surface area (Å²) < 4.78 is 15.1.